The number of carboxylic acid groups (broad SMARTS) is 1. The highest BCUT2D eigenvalue weighted by atomic mass is 32.1. The van der Waals surface area contributed by atoms with Gasteiger partial charge < -0.3 is 10.8 Å². The van der Waals surface area contributed by atoms with Crippen LogP contribution in [0, 0.1) is 0 Å². The van der Waals surface area contributed by atoms with Crippen molar-refractivity contribution in [2.24, 2.45) is 5.84 Å². The van der Waals surface area contributed by atoms with Crippen molar-refractivity contribution < 1.29 is 19.5 Å². The molecule has 0 spiro atoms. The summed E-state index contributed by atoms with van der Waals surface area (Å²) in [5.74, 6) is 2.16. The molecule has 0 unspecified atom stereocenters. The van der Waals surface area contributed by atoms with Gasteiger partial charge in [0.1, 0.15) is 0 Å². The molecule has 0 radical (unpaired) electrons. The molecule has 8 heteroatoms. The molecule has 7 nitrogen and oxygen atoms in total. The van der Waals surface area contributed by atoms with Crippen molar-refractivity contribution in [3.05, 3.63) is 28.8 Å². The highest BCUT2D eigenvalue weighted by Gasteiger charge is 2.23. The van der Waals surface area contributed by atoms with Crippen LogP contribution in [-0.2, 0) is 0 Å². The van der Waals surface area contributed by atoms with Gasteiger partial charge in [-0.3, -0.25) is 15.0 Å². The van der Waals surface area contributed by atoms with E-state index in [-0.39, 0.29) is 22.6 Å². The quantitative estimate of drug-likeness (QED) is 0.127. The third-order valence-electron chi connectivity index (χ3n) is 2.28. The van der Waals surface area contributed by atoms with E-state index in [9.17, 15) is 14.4 Å². The summed E-state index contributed by atoms with van der Waals surface area (Å²) in [4.78, 5) is 34.0. The van der Waals surface area contributed by atoms with Gasteiger partial charge in [0.25, 0.3) is 5.91 Å². The van der Waals surface area contributed by atoms with Crippen LogP contribution >= 0.6 is 12.6 Å². The summed E-state index contributed by atoms with van der Waals surface area (Å²) >= 11 is 3.79. The van der Waals surface area contributed by atoms with Gasteiger partial charge in [-0.15, -0.1) is 0 Å². The Morgan fingerprint density at radius 2 is 1.83 bits per heavy atom. The van der Waals surface area contributed by atoms with Gasteiger partial charge >= 0.3 is 5.97 Å². The number of carbonyl (C=O) groups is 3. The van der Waals surface area contributed by atoms with E-state index < -0.39 is 23.2 Å². The maximum atomic E-state index is 11.5. The first-order chi connectivity index (χ1) is 8.43. The zero-order valence-electron chi connectivity index (χ0n) is 9.14. The second kappa shape index (κ2) is 5.52. The molecule has 0 saturated heterocycles. The lowest BCUT2D eigenvalue weighted by Gasteiger charge is -2.11. The number of hydrazine groups is 1. The number of carboxylic acids is 1. The first-order valence-corrected chi connectivity index (χ1v) is 5.38. The number of nitrogens with one attached hydrogen (secondary N) is 1. The maximum Gasteiger partial charge on any atom is 0.338 e. The lowest BCUT2D eigenvalue weighted by atomic mass is 9.98. The molecule has 1 aromatic rings. The Labute approximate surface area is 108 Å². The Balaban J connectivity index is 3.52. The number of anilines is 1. The number of Topliss-reactive ketones (excluding diaryl/α,β-unsaturated/α-hetero) is 1. The first kappa shape index (κ1) is 14.0. The van der Waals surface area contributed by atoms with Crippen molar-refractivity contribution in [3.63, 3.8) is 0 Å². The molecule has 0 saturated carbocycles. The standard InChI is InChI=1S/C10H11N3O4S/c11-8-4(6(14)3-18)1-2-5(9(15)13-12)7(8)10(16)17/h1-2,18H,3,11-12H2,(H,13,15)(H,16,17). The number of amides is 1. The van der Waals surface area contributed by atoms with E-state index in [2.05, 4.69) is 12.6 Å². The van der Waals surface area contributed by atoms with E-state index in [0.717, 1.165) is 0 Å². The molecule has 0 heterocycles. The van der Waals surface area contributed by atoms with Crippen LogP contribution < -0.4 is 17.0 Å². The number of nitrogens with two attached hydrogens (primary N) is 2. The van der Waals surface area contributed by atoms with Crippen molar-refractivity contribution in [1.82, 2.24) is 5.43 Å². The average molecular weight is 269 g/mol. The van der Waals surface area contributed by atoms with E-state index in [1.165, 1.54) is 12.1 Å². The maximum absolute atomic E-state index is 11.5. The van der Waals surface area contributed by atoms with E-state index in [4.69, 9.17) is 16.7 Å². The highest BCUT2D eigenvalue weighted by molar-refractivity contribution is 7.81. The van der Waals surface area contributed by atoms with Gasteiger partial charge in [-0.2, -0.15) is 12.6 Å². The van der Waals surface area contributed by atoms with E-state index in [0.29, 0.717) is 0 Å². The van der Waals surface area contributed by atoms with Crippen LogP contribution in [0.1, 0.15) is 31.1 Å². The molecular weight excluding hydrogens is 258 g/mol. The third kappa shape index (κ3) is 2.44. The summed E-state index contributed by atoms with van der Waals surface area (Å²) in [5, 5.41) is 9.04. The summed E-state index contributed by atoms with van der Waals surface area (Å²) in [7, 11) is 0. The van der Waals surface area contributed by atoms with Crippen molar-refractivity contribution in [3.8, 4) is 0 Å². The van der Waals surface area contributed by atoms with E-state index >= 15 is 0 Å². The molecule has 0 fully saturated rings. The van der Waals surface area contributed by atoms with Gasteiger partial charge in [0.2, 0.25) is 0 Å². The fraction of sp³-hybridized carbons (Fsp3) is 0.100. The summed E-state index contributed by atoms with van der Waals surface area (Å²) in [5.41, 5.74) is 6.48. The van der Waals surface area contributed by atoms with Gasteiger partial charge in [-0.25, -0.2) is 10.6 Å². The molecular formula is C10H11N3O4S. The Bertz CT molecular complexity index is 530. The molecule has 0 bridgehead atoms. The number of carbonyl (C=O) groups excluding carboxylic acids is 2. The fourth-order valence-corrected chi connectivity index (χ4v) is 1.62. The number of aromatic carboxylic acids is 1. The summed E-state index contributed by atoms with van der Waals surface area (Å²) < 4.78 is 0. The molecule has 0 atom stereocenters. The molecule has 0 aromatic heterocycles. The van der Waals surface area contributed by atoms with Gasteiger partial charge in [-0.1, -0.05) is 0 Å². The van der Waals surface area contributed by atoms with Gasteiger partial charge in [0.15, 0.2) is 5.78 Å². The lowest BCUT2D eigenvalue weighted by molar-refractivity contribution is 0.0692. The lowest BCUT2D eigenvalue weighted by Crippen LogP contribution is -2.32. The Kier molecular flexibility index (Phi) is 4.29. The monoisotopic (exact) mass is 269 g/mol. The predicted molar refractivity (Wildman–Crippen MR) is 67.7 cm³/mol. The molecule has 18 heavy (non-hydrogen) atoms. The molecule has 1 aromatic carbocycles. The summed E-state index contributed by atoms with van der Waals surface area (Å²) in [6.45, 7) is 0. The van der Waals surface area contributed by atoms with E-state index in [1.807, 2.05) is 5.43 Å². The van der Waals surface area contributed by atoms with E-state index in [1.54, 1.807) is 0 Å². The van der Waals surface area contributed by atoms with Crippen LogP contribution in [0.25, 0.3) is 0 Å². The van der Waals surface area contributed by atoms with Crippen LogP contribution in [-0.4, -0.2) is 28.5 Å². The third-order valence-corrected chi connectivity index (χ3v) is 2.57. The molecule has 96 valence electrons. The van der Waals surface area contributed by atoms with Gasteiger partial charge in [0, 0.05) is 5.56 Å². The topological polar surface area (TPSA) is 136 Å². The molecule has 1 rings (SSSR count). The SMILES string of the molecule is NNC(=O)c1ccc(C(=O)CS)c(N)c1C(=O)O. The summed E-state index contributed by atoms with van der Waals surface area (Å²) in [6.07, 6.45) is 0. The van der Waals surface area contributed by atoms with Crippen LogP contribution in [0.4, 0.5) is 5.69 Å². The first-order valence-electron chi connectivity index (χ1n) is 4.74. The number of thiol groups is 1. The van der Waals surface area contributed by atoms with Crippen molar-refractivity contribution in [2.75, 3.05) is 11.5 Å². The minimum Gasteiger partial charge on any atom is -0.478 e. The molecule has 0 aliphatic heterocycles. The van der Waals surface area contributed by atoms with Crippen LogP contribution in [0.5, 0.6) is 0 Å². The van der Waals surface area contributed by atoms with Crippen molar-refractivity contribution >= 4 is 36.0 Å². The van der Waals surface area contributed by atoms with Crippen LogP contribution in [0.2, 0.25) is 0 Å². The number of benzene rings is 1. The zero-order valence-corrected chi connectivity index (χ0v) is 10.0. The Hall–Kier alpha value is -2.06. The minimum absolute atomic E-state index is 0.0102. The number of ketones is 1. The van der Waals surface area contributed by atoms with Crippen molar-refractivity contribution in [1.29, 1.82) is 0 Å². The average Bonchev–Trinajstić information content (AvgIpc) is 2.35. The number of hydrogen-bond acceptors (Lipinski definition) is 6. The van der Waals surface area contributed by atoms with Crippen LogP contribution in [0.15, 0.2) is 12.1 Å². The normalized spacial score (nSPS) is 9.89. The molecule has 1 amide bonds. The van der Waals surface area contributed by atoms with Crippen molar-refractivity contribution in [2.45, 2.75) is 0 Å². The predicted octanol–water partition coefficient (Wildman–Crippen LogP) is -0.317. The number of hydrogen-bond donors (Lipinski definition) is 5. The summed E-state index contributed by atoms with van der Waals surface area (Å²) in [6, 6.07) is 2.45. The smallest absolute Gasteiger partial charge is 0.338 e. The molecule has 6 N–H and O–H groups in total. The molecule has 0 aliphatic rings. The number of rotatable bonds is 4. The van der Waals surface area contributed by atoms with Gasteiger partial charge in [-0.05, 0) is 12.1 Å². The second-order valence-corrected chi connectivity index (χ2v) is 3.63. The van der Waals surface area contributed by atoms with Gasteiger partial charge in [0.05, 0.1) is 22.6 Å². The highest BCUT2D eigenvalue weighted by Crippen LogP contribution is 2.23. The molecule has 0 aliphatic carbocycles. The number of nitrogen functional groups attached to an aromatic ring is 2. The second-order valence-electron chi connectivity index (χ2n) is 3.31. The van der Waals surface area contributed by atoms with Crippen LogP contribution in [0.3, 0.4) is 0 Å². The zero-order chi connectivity index (χ0) is 13.9. The minimum atomic E-state index is -1.42. The Morgan fingerprint density at radius 3 is 2.28 bits per heavy atom. The fourth-order valence-electron chi connectivity index (χ4n) is 1.45. The Morgan fingerprint density at radius 1 is 1.28 bits per heavy atom. The largest absolute Gasteiger partial charge is 0.478 e.